The Morgan fingerprint density at radius 2 is 2.06 bits per heavy atom. The third-order valence-corrected chi connectivity index (χ3v) is 2.83. The van der Waals surface area contributed by atoms with Crippen LogP contribution in [0.4, 0.5) is 0 Å². The molecule has 0 radical (unpaired) electrons. The number of fused-ring (bicyclic) bond motifs is 1. The Kier molecular flexibility index (Phi) is 2.46. The van der Waals surface area contributed by atoms with Crippen LogP contribution in [-0.4, -0.2) is 15.6 Å². The van der Waals surface area contributed by atoms with Crippen LogP contribution in [0, 0.1) is 6.92 Å². The highest BCUT2D eigenvalue weighted by atomic mass is 16.4. The lowest BCUT2D eigenvalue weighted by Crippen LogP contribution is -2.00. The Bertz CT molecular complexity index is 552. The Morgan fingerprint density at radius 1 is 1.38 bits per heavy atom. The molecule has 1 heterocycles. The van der Waals surface area contributed by atoms with Crippen molar-refractivity contribution in [2.24, 2.45) is 0 Å². The number of rotatable bonds is 2. The van der Waals surface area contributed by atoms with Crippen molar-refractivity contribution >= 4 is 16.9 Å². The van der Waals surface area contributed by atoms with Crippen LogP contribution in [0.2, 0.25) is 0 Å². The van der Waals surface area contributed by atoms with Crippen molar-refractivity contribution in [2.75, 3.05) is 0 Å². The molecule has 0 fully saturated rings. The van der Waals surface area contributed by atoms with E-state index in [4.69, 9.17) is 5.11 Å². The average Bonchev–Trinajstić information content (AvgIpc) is 2.56. The minimum Gasteiger partial charge on any atom is -0.478 e. The summed E-state index contributed by atoms with van der Waals surface area (Å²) in [5.41, 5.74) is 2.39. The molecule has 16 heavy (non-hydrogen) atoms. The van der Waals surface area contributed by atoms with E-state index in [1.807, 2.05) is 19.2 Å². The van der Waals surface area contributed by atoms with E-state index in [-0.39, 0.29) is 0 Å². The highest BCUT2D eigenvalue weighted by molar-refractivity contribution is 6.04. The van der Waals surface area contributed by atoms with Gasteiger partial charge in [0.05, 0.1) is 5.56 Å². The number of carbonyl (C=O) groups is 1. The Morgan fingerprint density at radius 3 is 2.62 bits per heavy atom. The van der Waals surface area contributed by atoms with Gasteiger partial charge >= 0.3 is 5.97 Å². The third-order valence-electron chi connectivity index (χ3n) is 2.83. The maximum absolute atomic E-state index is 11.1. The molecule has 3 heteroatoms. The smallest absolute Gasteiger partial charge is 0.336 e. The number of aromatic nitrogens is 1. The second-order valence-corrected chi connectivity index (χ2v) is 4.32. The minimum absolute atomic E-state index is 0.334. The fraction of sp³-hybridized carbons (Fsp3) is 0.308. The Balaban J connectivity index is 2.84. The molecule has 1 aromatic carbocycles. The molecule has 84 valence electrons. The molecule has 0 bridgehead atoms. The maximum atomic E-state index is 11.1. The zero-order chi connectivity index (χ0) is 11.9. The lowest BCUT2D eigenvalue weighted by molar-refractivity contribution is 0.0699. The molecule has 0 unspecified atom stereocenters. The molecule has 1 N–H and O–H groups in total. The molecule has 0 aliphatic carbocycles. The monoisotopic (exact) mass is 217 g/mol. The Hall–Kier alpha value is -1.77. The van der Waals surface area contributed by atoms with Crippen LogP contribution < -0.4 is 0 Å². The van der Waals surface area contributed by atoms with Crippen molar-refractivity contribution in [2.45, 2.75) is 26.8 Å². The first-order valence-corrected chi connectivity index (χ1v) is 5.36. The van der Waals surface area contributed by atoms with Gasteiger partial charge < -0.3 is 9.67 Å². The van der Waals surface area contributed by atoms with Crippen molar-refractivity contribution < 1.29 is 9.90 Å². The van der Waals surface area contributed by atoms with E-state index < -0.39 is 5.97 Å². The van der Waals surface area contributed by atoms with Crippen molar-refractivity contribution in [1.82, 2.24) is 4.57 Å². The fourth-order valence-corrected chi connectivity index (χ4v) is 2.12. The largest absolute Gasteiger partial charge is 0.478 e. The summed E-state index contributed by atoms with van der Waals surface area (Å²) in [7, 11) is 0. The van der Waals surface area contributed by atoms with Crippen molar-refractivity contribution in [3.63, 3.8) is 0 Å². The summed E-state index contributed by atoms with van der Waals surface area (Å²) < 4.78 is 2.11. The van der Waals surface area contributed by atoms with E-state index in [2.05, 4.69) is 18.4 Å². The summed E-state index contributed by atoms with van der Waals surface area (Å²) in [5.74, 6) is -0.866. The van der Waals surface area contributed by atoms with Crippen LogP contribution in [0.25, 0.3) is 10.9 Å². The topological polar surface area (TPSA) is 42.2 Å². The van der Waals surface area contributed by atoms with Crippen LogP contribution in [-0.2, 0) is 0 Å². The zero-order valence-corrected chi connectivity index (χ0v) is 9.69. The number of carboxylic acid groups (broad SMARTS) is 1. The van der Waals surface area contributed by atoms with Gasteiger partial charge in [0.15, 0.2) is 0 Å². The molecular formula is C13H15NO2. The van der Waals surface area contributed by atoms with E-state index >= 15 is 0 Å². The van der Waals surface area contributed by atoms with Gasteiger partial charge in [0.1, 0.15) is 0 Å². The molecule has 0 saturated carbocycles. The van der Waals surface area contributed by atoms with Crippen LogP contribution in [0.5, 0.6) is 0 Å². The number of hydrogen-bond donors (Lipinski definition) is 1. The molecule has 0 amide bonds. The highest BCUT2D eigenvalue weighted by Gasteiger charge is 2.14. The number of hydrogen-bond acceptors (Lipinski definition) is 1. The molecule has 2 aromatic rings. The molecule has 0 saturated heterocycles. The van der Waals surface area contributed by atoms with E-state index in [1.54, 1.807) is 12.1 Å². The minimum atomic E-state index is -0.866. The molecular weight excluding hydrogens is 202 g/mol. The summed E-state index contributed by atoms with van der Waals surface area (Å²) in [6.45, 7) is 6.13. The van der Waals surface area contributed by atoms with E-state index in [0.717, 1.165) is 16.5 Å². The van der Waals surface area contributed by atoms with Gasteiger partial charge in [-0.15, -0.1) is 0 Å². The van der Waals surface area contributed by atoms with Crippen LogP contribution in [0.15, 0.2) is 24.4 Å². The van der Waals surface area contributed by atoms with Gasteiger partial charge in [0.25, 0.3) is 0 Å². The predicted molar refractivity (Wildman–Crippen MR) is 64.0 cm³/mol. The third kappa shape index (κ3) is 1.48. The zero-order valence-electron chi connectivity index (χ0n) is 9.69. The predicted octanol–water partition coefficient (Wildman–Crippen LogP) is 3.23. The molecule has 1 aromatic heterocycles. The Labute approximate surface area is 94.3 Å². The standard InChI is InChI=1S/C13H15NO2/c1-8(2)14-7-9(3)12-10(13(15)16)5-4-6-11(12)14/h4-8H,1-3H3,(H,15,16). The van der Waals surface area contributed by atoms with Gasteiger partial charge in [-0.25, -0.2) is 4.79 Å². The van der Waals surface area contributed by atoms with Crippen LogP contribution in [0.1, 0.15) is 35.8 Å². The highest BCUT2D eigenvalue weighted by Crippen LogP contribution is 2.27. The summed E-state index contributed by atoms with van der Waals surface area (Å²) >= 11 is 0. The SMILES string of the molecule is Cc1cn(C(C)C)c2cccc(C(=O)O)c12. The van der Waals surface area contributed by atoms with E-state index in [1.165, 1.54) is 0 Å². The summed E-state index contributed by atoms with van der Waals surface area (Å²) in [5, 5.41) is 10.00. The normalized spacial score (nSPS) is 11.2. The van der Waals surface area contributed by atoms with Crippen molar-refractivity contribution in [3.8, 4) is 0 Å². The number of nitrogens with zero attached hydrogens (tertiary/aromatic N) is 1. The lowest BCUT2D eigenvalue weighted by atomic mass is 10.1. The first kappa shape index (κ1) is 10.7. The van der Waals surface area contributed by atoms with Crippen LogP contribution in [0.3, 0.4) is 0 Å². The first-order chi connectivity index (χ1) is 7.52. The molecule has 2 rings (SSSR count). The van der Waals surface area contributed by atoms with Gasteiger partial charge in [-0.1, -0.05) is 6.07 Å². The summed E-state index contributed by atoms with van der Waals surface area (Å²) in [6, 6.07) is 5.75. The molecule has 0 spiro atoms. The number of aryl methyl sites for hydroxylation is 1. The summed E-state index contributed by atoms with van der Waals surface area (Å²) in [4.78, 5) is 11.1. The quantitative estimate of drug-likeness (QED) is 0.839. The van der Waals surface area contributed by atoms with Crippen LogP contribution >= 0.6 is 0 Å². The second kappa shape index (κ2) is 3.67. The number of aromatic carboxylic acids is 1. The van der Waals surface area contributed by atoms with E-state index in [0.29, 0.717) is 11.6 Å². The lowest BCUT2D eigenvalue weighted by Gasteiger charge is -2.09. The molecule has 0 aliphatic rings. The van der Waals surface area contributed by atoms with Gasteiger partial charge in [0, 0.05) is 23.1 Å². The average molecular weight is 217 g/mol. The fourth-order valence-electron chi connectivity index (χ4n) is 2.12. The van der Waals surface area contributed by atoms with Crippen molar-refractivity contribution in [1.29, 1.82) is 0 Å². The number of carboxylic acids is 1. The molecule has 0 aliphatic heterocycles. The molecule has 3 nitrogen and oxygen atoms in total. The maximum Gasteiger partial charge on any atom is 0.336 e. The van der Waals surface area contributed by atoms with Gasteiger partial charge in [0.2, 0.25) is 0 Å². The van der Waals surface area contributed by atoms with E-state index in [9.17, 15) is 4.79 Å². The first-order valence-electron chi connectivity index (χ1n) is 5.36. The number of benzene rings is 1. The van der Waals surface area contributed by atoms with Gasteiger partial charge in [-0.05, 0) is 38.5 Å². The van der Waals surface area contributed by atoms with Crippen molar-refractivity contribution in [3.05, 3.63) is 35.5 Å². The summed E-state index contributed by atoms with van der Waals surface area (Å²) in [6.07, 6.45) is 2.02. The van der Waals surface area contributed by atoms with Gasteiger partial charge in [-0.3, -0.25) is 0 Å². The molecule has 0 atom stereocenters. The second-order valence-electron chi connectivity index (χ2n) is 4.32. The van der Waals surface area contributed by atoms with Gasteiger partial charge in [-0.2, -0.15) is 0 Å².